The molecule has 0 radical (unpaired) electrons. The lowest BCUT2D eigenvalue weighted by molar-refractivity contribution is -0.118. The van der Waals surface area contributed by atoms with E-state index in [1.165, 1.54) is 56.1 Å². The first-order chi connectivity index (χ1) is 15.7. The van der Waals surface area contributed by atoms with E-state index in [0.29, 0.717) is 25.0 Å². The average molecular weight is 433 g/mol. The van der Waals surface area contributed by atoms with Gasteiger partial charge in [-0.25, -0.2) is 9.97 Å². The molecule has 1 aliphatic carbocycles. The third-order valence-electron chi connectivity index (χ3n) is 7.71. The number of hydrogen-bond donors (Lipinski definition) is 0. The molecule has 1 amide bonds. The van der Waals surface area contributed by atoms with E-state index in [-0.39, 0.29) is 5.91 Å². The molecule has 2 fully saturated rings. The fraction of sp³-hybridized carbons (Fsp3) is 0.593. The Morgan fingerprint density at radius 1 is 0.938 bits per heavy atom. The van der Waals surface area contributed by atoms with Crippen LogP contribution >= 0.6 is 0 Å². The lowest BCUT2D eigenvalue weighted by atomic mass is 9.90. The number of aromatic nitrogens is 2. The summed E-state index contributed by atoms with van der Waals surface area (Å²) in [5, 5.41) is 0. The molecule has 0 N–H and O–H groups in total. The summed E-state index contributed by atoms with van der Waals surface area (Å²) in [5.41, 5.74) is 3.49. The zero-order valence-corrected chi connectivity index (χ0v) is 19.4. The number of piperidine rings is 1. The van der Waals surface area contributed by atoms with Crippen LogP contribution in [0.4, 0.5) is 5.82 Å². The van der Waals surface area contributed by atoms with Crippen LogP contribution in [0, 0.1) is 6.92 Å². The highest BCUT2D eigenvalue weighted by atomic mass is 16.2. The minimum Gasteiger partial charge on any atom is -0.296 e. The number of carbonyl (C=O) groups excluding carboxylic acids is 1. The molecular formula is C27H36N4O. The van der Waals surface area contributed by atoms with E-state index in [0.717, 1.165) is 43.1 Å². The van der Waals surface area contributed by atoms with Gasteiger partial charge in [-0.3, -0.25) is 14.6 Å². The largest absolute Gasteiger partial charge is 0.296 e. The number of aryl methyl sites for hydroxylation is 1. The summed E-state index contributed by atoms with van der Waals surface area (Å²) in [6, 6.07) is 11.4. The van der Waals surface area contributed by atoms with Crippen molar-refractivity contribution < 1.29 is 4.79 Å². The maximum Gasteiger partial charge on any atom is 0.228 e. The molecule has 1 atom stereocenters. The molecule has 3 aliphatic rings. The summed E-state index contributed by atoms with van der Waals surface area (Å²) in [5.74, 6) is 2.03. The number of anilines is 1. The van der Waals surface area contributed by atoms with E-state index >= 15 is 0 Å². The van der Waals surface area contributed by atoms with Crippen molar-refractivity contribution in [3.05, 3.63) is 53.0 Å². The predicted molar refractivity (Wildman–Crippen MR) is 128 cm³/mol. The number of likely N-dealkylation sites (tertiary alicyclic amines) is 1. The van der Waals surface area contributed by atoms with Crippen LogP contribution in [0.2, 0.25) is 0 Å². The summed E-state index contributed by atoms with van der Waals surface area (Å²) in [6.45, 7) is 3.96. The van der Waals surface area contributed by atoms with Gasteiger partial charge in [0, 0.05) is 30.3 Å². The normalized spacial score (nSPS) is 22.7. The van der Waals surface area contributed by atoms with Crippen LogP contribution in [0.25, 0.3) is 0 Å². The van der Waals surface area contributed by atoms with Crippen LogP contribution in [0.15, 0.2) is 30.3 Å². The predicted octanol–water partition coefficient (Wildman–Crippen LogP) is 5.17. The zero-order chi connectivity index (χ0) is 21.9. The highest BCUT2D eigenvalue weighted by molar-refractivity contribution is 5.95. The van der Waals surface area contributed by atoms with Crippen molar-refractivity contribution in [3.8, 4) is 0 Å². The van der Waals surface area contributed by atoms with Crippen LogP contribution in [0.3, 0.4) is 0 Å². The van der Waals surface area contributed by atoms with Crippen LogP contribution in [-0.4, -0.2) is 39.9 Å². The van der Waals surface area contributed by atoms with Gasteiger partial charge in [-0.2, -0.15) is 0 Å². The lowest BCUT2D eigenvalue weighted by Crippen LogP contribution is -2.44. The summed E-state index contributed by atoms with van der Waals surface area (Å²) < 4.78 is 0. The Morgan fingerprint density at radius 2 is 1.72 bits per heavy atom. The van der Waals surface area contributed by atoms with Crippen LogP contribution < -0.4 is 4.90 Å². The Kier molecular flexibility index (Phi) is 6.54. The molecule has 3 heterocycles. The first-order valence-corrected chi connectivity index (χ1v) is 12.7. The number of nitrogens with zero attached hydrogens (tertiary/aromatic N) is 4. The Hall–Kier alpha value is -2.27. The molecule has 5 rings (SSSR count). The van der Waals surface area contributed by atoms with E-state index in [9.17, 15) is 4.79 Å². The van der Waals surface area contributed by atoms with Crippen LogP contribution in [0.1, 0.15) is 86.5 Å². The minimum atomic E-state index is 0.199. The lowest BCUT2D eigenvalue weighted by Gasteiger charge is -2.42. The van der Waals surface area contributed by atoms with Gasteiger partial charge >= 0.3 is 0 Å². The molecular weight excluding hydrogens is 396 g/mol. The van der Waals surface area contributed by atoms with Gasteiger partial charge in [0.15, 0.2) is 0 Å². The number of hydrogen-bond acceptors (Lipinski definition) is 4. The smallest absolute Gasteiger partial charge is 0.228 e. The third kappa shape index (κ3) is 4.45. The van der Waals surface area contributed by atoms with E-state index in [4.69, 9.17) is 9.97 Å². The number of benzene rings is 1. The van der Waals surface area contributed by atoms with Crippen molar-refractivity contribution in [2.24, 2.45) is 0 Å². The van der Waals surface area contributed by atoms with Gasteiger partial charge in [0.05, 0.1) is 6.04 Å². The third-order valence-corrected chi connectivity index (χ3v) is 7.71. The molecule has 2 aliphatic heterocycles. The number of fused-ring (bicyclic) bond motifs is 1. The minimum absolute atomic E-state index is 0.199. The maximum atomic E-state index is 12.9. The van der Waals surface area contributed by atoms with Crippen molar-refractivity contribution in [2.45, 2.75) is 89.6 Å². The second-order valence-corrected chi connectivity index (χ2v) is 9.79. The van der Waals surface area contributed by atoms with E-state index in [1.807, 2.05) is 11.0 Å². The standard InChI is InChI=1S/C27H36N4O/c1-20-23-15-16-25(32)31(19-17-21-10-4-2-5-11-21)27(23)29-26(28-20)24-14-8-9-18-30(24)22-12-6-3-7-13-22/h2,4-5,10-11,22,24H,3,6-9,12-19H2,1H3/t24-/m1/s1. The Labute approximate surface area is 192 Å². The quantitative estimate of drug-likeness (QED) is 0.654. The van der Waals surface area contributed by atoms with Gasteiger partial charge in [-0.1, -0.05) is 56.0 Å². The van der Waals surface area contributed by atoms with E-state index in [1.54, 1.807) is 0 Å². The number of carbonyl (C=O) groups is 1. The van der Waals surface area contributed by atoms with Crippen molar-refractivity contribution in [3.63, 3.8) is 0 Å². The molecule has 0 spiro atoms. The molecule has 1 saturated heterocycles. The van der Waals surface area contributed by atoms with Gasteiger partial charge in [-0.15, -0.1) is 0 Å². The van der Waals surface area contributed by atoms with Gasteiger partial charge in [-0.05, 0) is 57.6 Å². The molecule has 32 heavy (non-hydrogen) atoms. The highest BCUT2D eigenvalue weighted by Crippen LogP contribution is 2.37. The van der Waals surface area contributed by atoms with Gasteiger partial charge in [0.2, 0.25) is 5.91 Å². The van der Waals surface area contributed by atoms with Gasteiger partial charge < -0.3 is 0 Å². The van der Waals surface area contributed by atoms with Crippen molar-refractivity contribution >= 4 is 11.7 Å². The zero-order valence-electron chi connectivity index (χ0n) is 19.4. The summed E-state index contributed by atoms with van der Waals surface area (Å²) in [6.07, 6.45) is 12.5. The molecule has 1 aromatic carbocycles. The Morgan fingerprint density at radius 3 is 2.53 bits per heavy atom. The van der Waals surface area contributed by atoms with E-state index < -0.39 is 0 Å². The molecule has 0 bridgehead atoms. The molecule has 1 aromatic heterocycles. The monoisotopic (exact) mass is 432 g/mol. The fourth-order valence-electron chi connectivity index (χ4n) is 5.95. The molecule has 1 saturated carbocycles. The summed E-state index contributed by atoms with van der Waals surface area (Å²) in [4.78, 5) is 27.8. The van der Waals surface area contributed by atoms with Crippen molar-refractivity contribution in [1.29, 1.82) is 0 Å². The molecule has 5 heteroatoms. The second kappa shape index (κ2) is 9.70. The molecule has 170 valence electrons. The first-order valence-electron chi connectivity index (χ1n) is 12.7. The summed E-state index contributed by atoms with van der Waals surface area (Å²) in [7, 11) is 0. The SMILES string of the molecule is Cc1nc([C@H]2CCCCN2C2CCCCC2)nc2c1CCC(=O)N2CCc1ccccc1. The van der Waals surface area contributed by atoms with Crippen LogP contribution in [-0.2, 0) is 17.6 Å². The average Bonchev–Trinajstić information content (AvgIpc) is 2.84. The van der Waals surface area contributed by atoms with E-state index in [2.05, 4.69) is 36.1 Å². The molecule has 2 aromatic rings. The highest BCUT2D eigenvalue weighted by Gasteiger charge is 2.35. The fourth-order valence-corrected chi connectivity index (χ4v) is 5.95. The maximum absolute atomic E-state index is 12.9. The molecule has 5 nitrogen and oxygen atoms in total. The molecule has 0 unspecified atom stereocenters. The Balaban J connectivity index is 1.44. The van der Waals surface area contributed by atoms with Crippen LogP contribution in [0.5, 0.6) is 0 Å². The number of rotatable bonds is 5. The van der Waals surface area contributed by atoms with Crippen molar-refractivity contribution in [1.82, 2.24) is 14.9 Å². The van der Waals surface area contributed by atoms with Gasteiger partial charge in [0.1, 0.15) is 11.6 Å². The van der Waals surface area contributed by atoms with Crippen molar-refractivity contribution in [2.75, 3.05) is 18.0 Å². The Bertz CT molecular complexity index is 938. The van der Waals surface area contributed by atoms with Gasteiger partial charge in [0.25, 0.3) is 0 Å². The second-order valence-electron chi connectivity index (χ2n) is 9.79. The first kappa shape index (κ1) is 21.6. The topological polar surface area (TPSA) is 49.3 Å². The number of amides is 1. The summed E-state index contributed by atoms with van der Waals surface area (Å²) >= 11 is 0.